The van der Waals surface area contributed by atoms with E-state index >= 15 is 0 Å². The lowest BCUT2D eigenvalue weighted by atomic mass is 10.1. The third-order valence-electron chi connectivity index (χ3n) is 3.78. The molecule has 1 heterocycles. The van der Waals surface area contributed by atoms with Crippen LogP contribution < -0.4 is 5.32 Å². The number of aryl methyl sites for hydroxylation is 1. The number of fused-ring (bicyclic) bond motifs is 1. The molecule has 1 amide bonds. The van der Waals surface area contributed by atoms with Crippen molar-refractivity contribution in [3.8, 4) is 0 Å². The van der Waals surface area contributed by atoms with Crippen molar-refractivity contribution in [3.63, 3.8) is 0 Å². The number of hydrogen-bond acceptors (Lipinski definition) is 4. The van der Waals surface area contributed by atoms with Gasteiger partial charge in [-0.3, -0.25) is 9.59 Å². The summed E-state index contributed by atoms with van der Waals surface area (Å²) in [5.41, 5.74) is 0.692. The molecule has 0 saturated carbocycles. The van der Waals surface area contributed by atoms with Crippen molar-refractivity contribution in [2.24, 2.45) is 0 Å². The number of benzene rings is 2. The van der Waals surface area contributed by atoms with Crippen molar-refractivity contribution < 1.29 is 14.3 Å². The summed E-state index contributed by atoms with van der Waals surface area (Å²) in [6.45, 7) is -0.259. The van der Waals surface area contributed by atoms with Crippen molar-refractivity contribution >= 4 is 39.7 Å². The Labute approximate surface area is 150 Å². The van der Waals surface area contributed by atoms with E-state index in [1.807, 2.05) is 60.0 Å². The van der Waals surface area contributed by atoms with Crippen molar-refractivity contribution in [2.45, 2.75) is 19.3 Å². The van der Waals surface area contributed by atoms with Gasteiger partial charge in [0.25, 0.3) is 5.91 Å². The van der Waals surface area contributed by atoms with Gasteiger partial charge in [0.2, 0.25) is 0 Å². The Hall–Kier alpha value is -2.66. The van der Waals surface area contributed by atoms with Crippen LogP contribution in [0.2, 0.25) is 0 Å². The van der Waals surface area contributed by atoms with Gasteiger partial charge in [0.05, 0.1) is 0 Å². The molecule has 0 aliphatic carbocycles. The van der Waals surface area contributed by atoms with Crippen LogP contribution in [0.4, 0.5) is 5.69 Å². The Morgan fingerprint density at radius 2 is 1.84 bits per heavy atom. The lowest BCUT2D eigenvalue weighted by molar-refractivity contribution is -0.147. The Morgan fingerprint density at radius 3 is 2.64 bits per heavy atom. The quantitative estimate of drug-likeness (QED) is 0.640. The highest BCUT2D eigenvalue weighted by atomic mass is 32.1. The number of carbonyl (C=O) groups excluding carboxylic acids is 2. The normalized spacial score (nSPS) is 10.6. The molecule has 5 heteroatoms. The molecular formula is C20H19NO3S. The predicted octanol–water partition coefficient (Wildman–Crippen LogP) is 4.41. The van der Waals surface area contributed by atoms with Gasteiger partial charge < -0.3 is 10.1 Å². The van der Waals surface area contributed by atoms with Gasteiger partial charge in [-0.25, -0.2) is 0 Å². The van der Waals surface area contributed by atoms with Gasteiger partial charge in [-0.05, 0) is 47.2 Å². The third-order valence-corrected chi connectivity index (χ3v) is 4.72. The maximum Gasteiger partial charge on any atom is 0.306 e. The average molecular weight is 353 g/mol. The molecule has 4 nitrogen and oxygen atoms in total. The first-order valence-corrected chi connectivity index (χ1v) is 9.05. The van der Waals surface area contributed by atoms with E-state index < -0.39 is 0 Å². The highest BCUT2D eigenvalue weighted by molar-refractivity contribution is 7.09. The minimum absolute atomic E-state index is 0.259. The van der Waals surface area contributed by atoms with Crippen molar-refractivity contribution in [1.29, 1.82) is 0 Å². The van der Waals surface area contributed by atoms with Gasteiger partial charge in [0.15, 0.2) is 6.61 Å². The van der Waals surface area contributed by atoms with E-state index in [2.05, 4.69) is 5.32 Å². The van der Waals surface area contributed by atoms with Crippen LogP contribution in [0, 0.1) is 0 Å². The zero-order valence-electron chi connectivity index (χ0n) is 13.7. The van der Waals surface area contributed by atoms with Gasteiger partial charge >= 0.3 is 5.97 Å². The number of nitrogens with one attached hydrogen (secondary N) is 1. The van der Waals surface area contributed by atoms with E-state index in [0.29, 0.717) is 12.1 Å². The molecule has 0 spiro atoms. The Balaban J connectivity index is 1.41. The van der Waals surface area contributed by atoms with E-state index in [9.17, 15) is 9.59 Å². The first kappa shape index (κ1) is 17.2. The molecule has 3 aromatic rings. The van der Waals surface area contributed by atoms with E-state index in [4.69, 9.17) is 4.74 Å². The first-order chi connectivity index (χ1) is 12.2. The first-order valence-electron chi connectivity index (χ1n) is 8.17. The zero-order valence-corrected chi connectivity index (χ0v) is 14.6. The highest BCUT2D eigenvalue weighted by Gasteiger charge is 2.08. The molecule has 1 aromatic heterocycles. The Bertz CT molecular complexity index is 858. The smallest absolute Gasteiger partial charge is 0.306 e. The van der Waals surface area contributed by atoms with Gasteiger partial charge in [-0.2, -0.15) is 0 Å². The summed E-state index contributed by atoms with van der Waals surface area (Å²) < 4.78 is 5.04. The minimum atomic E-state index is -0.342. The topological polar surface area (TPSA) is 55.4 Å². The van der Waals surface area contributed by atoms with E-state index in [0.717, 1.165) is 23.6 Å². The molecule has 0 saturated heterocycles. The van der Waals surface area contributed by atoms with Crippen molar-refractivity contribution in [1.82, 2.24) is 0 Å². The summed E-state index contributed by atoms with van der Waals surface area (Å²) in [6, 6.07) is 17.6. The fourth-order valence-corrected chi connectivity index (χ4v) is 3.30. The number of amides is 1. The van der Waals surface area contributed by atoms with Crippen LogP contribution in [0.1, 0.15) is 17.7 Å². The molecule has 1 N–H and O–H groups in total. The second-order valence-corrected chi connectivity index (χ2v) is 6.74. The molecule has 3 rings (SSSR count). The summed E-state index contributed by atoms with van der Waals surface area (Å²) in [7, 11) is 0. The fraction of sp³-hybridized carbons (Fsp3) is 0.200. The minimum Gasteiger partial charge on any atom is -0.456 e. The number of rotatable bonds is 7. The number of anilines is 1. The van der Waals surface area contributed by atoms with Gasteiger partial charge in [-0.1, -0.05) is 36.4 Å². The highest BCUT2D eigenvalue weighted by Crippen LogP contribution is 2.18. The number of carbonyl (C=O) groups is 2. The van der Waals surface area contributed by atoms with Gasteiger partial charge in [0.1, 0.15) is 0 Å². The summed E-state index contributed by atoms with van der Waals surface area (Å²) in [5.74, 6) is -0.674. The maximum atomic E-state index is 11.9. The molecule has 0 bridgehead atoms. The number of esters is 1. The van der Waals surface area contributed by atoms with Crippen LogP contribution in [0.5, 0.6) is 0 Å². The van der Waals surface area contributed by atoms with Crippen LogP contribution in [0.15, 0.2) is 60.0 Å². The maximum absolute atomic E-state index is 11.9. The van der Waals surface area contributed by atoms with E-state index in [1.165, 1.54) is 4.88 Å². The zero-order chi connectivity index (χ0) is 17.5. The van der Waals surface area contributed by atoms with Crippen molar-refractivity contribution in [3.05, 3.63) is 64.9 Å². The summed E-state index contributed by atoms with van der Waals surface area (Å²) in [6.07, 6.45) is 1.91. The van der Waals surface area contributed by atoms with Gasteiger partial charge in [0, 0.05) is 17.0 Å². The van der Waals surface area contributed by atoms with Gasteiger partial charge in [-0.15, -0.1) is 11.3 Å². The van der Waals surface area contributed by atoms with Crippen LogP contribution in [0.25, 0.3) is 10.8 Å². The molecule has 0 fully saturated rings. The predicted molar refractivity (Wildman–Crippen MR) is 101 cm³/mol. The van der Waals surface area contributed by atoms with Crippen molar-refractivity contribution in [2.75, 3.05) is 11.9 Å². The average Bonchev–Trinajstić information content (AvgIpc) is 3.13. The molecular weight excluding hydrogens is 334 g/mol. The molecule has 0 aliphatic rings. The lowest BCUT2D eigenvalue weighted by Crippen LogP contribution is -2.20. The molecule has 0 unspecified atom stereocenters. The molecule has 0 radical (unpaired) electrons. The summed E-state index contributed by atoms with van der Waals surface area (Å²) in [5, 5.41) is 6.93. The molecule has 0 atom stereocenters. The largest absolute Gasteiger partial charge is 0.456 e. The third kappa shape index (κ3) is 5.16. The Kier molecular flexibility index (Phi) is 5.80. The monoisotopic (exact) mass is 353 g/mol. The fourth-order valence-electron chi connectivity index (χ4n) is 2.54. The van der Waals surface area contributed by atoms with Crippen LogP contribution >= 0.6 is 11.3 Å². The standard InChI is InChI=1S/C20H19NO3S/c22-19(14-24-20(23)9-3-7-18-8-4-12-25-18)21-17-11-10-15-5-1-2-6-16(15)13-17/h1-2,4-6,8,10-13H,3,7,9,14H2,(H,21,22). The lowest BCUT2D eigenvalue weighted by Gasteiger charge is -2.07. The molecule has 0 aliphatic heterocycles. The van der Waals surface area contributed by atoms with E-state index in [-0.39, 0.29) is 18.5 Å². The van der Waals surface area contributed by atoms with Crippen LogP contribution in [-0.2, 0) is 20.7 Å². The van der Waals surface area contributed by atoms with Crippen LogP contribution in [-0.4, -0.2) is 18.5 Å². The molecule has 2 aromatic carbocycles. The SMILES string of the molecule is O=C(COC(=O)CCCc1cccs1)Nc1ccc2ccccc2c1. The molecule has 128 valence electrons. The second kappa shape index (κ2) is 8.44. The summed E-state index contributed by atoms with van der Waals surface area (Å²) >= 11 is 1.68. The van der Waals surface area contributed by atoms with Crippen LogP contribution in [0.3, 0.4) is 0 Å². The number of hydrogen-bond donors (Lipinski definition) is 1. The number of thiophene rings is 1. The molecule has 25 heavy (non-hydrogen) atoms. The van der Waals surface area contributed by atoms with E-state index in [1.54, 1.807) is 11.3 Å². The summed E-state index contributed by atoms with van der Waals surface area (Å²) in [4.78, 5) is 24.9. The Morgan fingerprint density at radius 1 is 1.00 bits per heavy atom. The second-order valence-electron chi connectivity index (χ2n) is 5.70. The number of ether oxygens (including phenoxy) is 1.